The van der Waals surface area contributed by atoms with Gasteiger partial charge in [0.2, 0.25) is 0 Å². The van der Waals surface area contributed by atoms with Crippen molar-refractivity contribution in [3.05, 3.63) is 120 Å². The van der Waals surface area contributed by atoms with E-state index >= 15 is 0 Å². The number of para-hydroxylation sites is 2. The van der Waals surface area contributed by atoms with Crippen LogP contribution in [0.5, 0.6) is 5.75 Å². The van der Waals surface area contributed by atoms with E-state index in [0.717, 1.165) is 28.8 Å². The average molecular weight is 482 g/mol. The zero-order valence-electron chi connectivity index (χ0n) is 19.8. The van der Waals surface area contributed by atoms with Crippen LogP contribution in [0.4, 0.5) is 14.5 Å². The Morgan fingerprint density at radius 1 is 0.861 bits per heavy atom. The molecule has 0 aliphatic carbocycles. The van der Waals surface area contributed by atoms with Crippen LogP contribution in [0.25, 0.3) is 22.8 Å². The third kappa shape index (κ3) is 4.78. The molecule has 4 aromatic rings. The van der Waals surface area contributed by atoms with E-state index in [0.29, 0.717) is 16.7 Å². The van der Waals surface area contributed by atoms with Crippen LogP contribution < -0.4 is 9.64 Å². The lowest BCUT2D eigenvalue weighted by molar-refractivity contribution is -0.113. The fraction of sp³-hybridized carbons (Fsp3) is 0.129. The van der Waals surface area contributed by atoms with Gasteiger partial charge < -0.3 is 9.64 Å². The zero-order valence-corrected chi connectivity index (χ0v) is 19.8. The predicted octanol–water partition coefficient (Wildman–Crippen LogP) is 7.47. The first-order valence-corrected chi connectivity index (χ1v) is 11.8. The summed E-state index contributed by atoms with van der Waals surface area (Å²) in [7, 11) is 0. The van der Waals surface area contributed by atoms with Crippen LogP contribution in [0.3, 0.4) is 0 Å². The van der Waals surface area contributed by atoms with Crippen molar-refractivity contribution in [2.24, 2.45) is 0 Å². The van der Waals surface area contributed by atoms with Gasteiger partial charge in [0, 0.05) is 22.9 Å². The van der Waals surface area contributed by atoms with Crippen LogP contribution in [-0.2, 0) is 11.2 Å². The van der Waals surface area contributed by atoms with Crippen molar-refractivity contribution in [1.82, 2.24) is 0 Å². The summed E-state index contributed by atoms with van der Waals surface area (Å²) in [6.45, 7) is -0.948. The molecule has 5 rings (SSSR count). The Morgan fingerprint density at radius 3 is 2.25 bits per heavy atom. The van der Waals surface area contributed by atoms with Gasteiger partial charge in [0.1, 0.15) is 5.75 Å². The zero-order chi connectivity index (χ0) is 25.1. The van der Waals surface area contributed by atoms with E-state index in [1.54, 1.807) is 29.2 Å². The number of benzene rings is 4. The van der Waals surface area contributed by atoms with Gasteiger partial charge in [-0.1, -0.05) is 91.0 Å². The van der Waals surface area contributed by atoms with Crippen molar-refractivity contribution >= 4 is 23.2 Å². The maximum atomic E-state index is 14.1. The third-order valence-corrected chi connectivity index (χ3v) is 6.39. The van der Waals surface area contributed by atoms with Crippen molar-refractivity contribution in [3.8, 4) is 16.9 Å². The highest BCUT2D eigenvalue weighted by Gasteiger charge is 2.32. The largest absolute Gasteiger partial charge is 0.434 e. The molecule has 1 heterocycles. The van der Waals surface area contributed by atoms with E-state index in [9.17, 15) is 13.6 Å². The summed E-state index contributed by atoms with van der Waals surface area (Å²) in [5.41, 5.74) is 5.59. The Labute approximate surface area is 209 Å². The van der Waals surface area contributed by atoms with Gasteiger partial charge in [-0.3, -0.25) is 4.79 Å². The molecule has 180 valence electrons. The summed E-state index contributed by atoms with van der Waals surface area (Å²) in [6.07, 6.45) is 2.40. The predicted molar refractivity (Wildman–Crippen MR) is 140 cm³/mol. The molecular formula is C31H25F2NO2. The fourth-order valence-corrected chi connectivity index (χ4v) is 4.70. The maximum absolute atomic E-state index is 14.1. The van der Waals surface area contributed by atoms with Gasteiger partial charge in [-0.25, -0.2) is 0 Å². The van der Waals surface area contributed by atoms with Crippen LogP contribution in [0.15, 0.2) is 103 Å². The molecule has 0 fully saturated rings. The summed E-state index contributed by atoms with van der Waals surface area (Å²) in [5, 5.41) is 0. The number of halogens is 2. The number of carbonyl (C=O) groups is 1. The van der Waals surface area contributed by atoms with Crippen molar-refractivity contribution in [3.63, 3.8) is 0 Å². The number of hydrogen-bond acceptors (Lipinski definition) is 2. The molecule has 1 aliphatic heterocycles. The first kappa shape index (κ1) is 23.5. The minimum atomic E-state index is -2.96. The molecule has 0 radical (unpaired) electrons. The van der Waals surface area contributed by atoms with E-state index in [1.165, 1.54) is 6.07 Å². The number of ether oxygens (including phenoxy) is 1. The van der Waals surface area contributed by atoms with Crippen LogP contribution in [0.1, 0.15) is 23.6 Å². The van der Waals surface area contributed by atoms with Crippen molar-refractivity contribution in [1.29, 1.82) is 0 Å². The first-order valence-electron chi connectivity index (χ1n) is 11.8. The van der Waals surface area contributed by atoms with Gasteiger partial charge >= 0.3 is 6.61 Å². The van der Waals surface area contributed by atoms with Gasteiger partial charge in [0.15, 0.2) is 0 Å². The minimum absolute atomic E-state index is 0.0218. The van der Waals surface area contributed by atoms with Gasteiger partial charge in [-0.15, -0.1) is 0 Å². The molecule has 1 atom stereocenters. The summed E-state index contributed by atoms with van der Waals surface area (Å²) >= 11 is 0. The standard InChI is InChI=1S/C31H25F2NO2/c1-21-19-25-11-5-7-13-28(25)34(21)30(35)27(20-26-12-6-8-14-29(26)36-31(32)33)24-17-15-23(16-18-24)22-9-3-2-4-10-22/h2-18,20-21,31H,19H2,1H3. The van der Waals surface area contributed by atoms with Gasteiger partial charge in [0.05, 0.1) is 0 Å². The second kappa shape index (κ2) is 10.2. The van der Waals surface area contributed by atoms with Gasteiger partial charge in [-0.05, 0) is 53.8 Å². The molecule has 0 spiro atoms. The summed E-state index contributed by atoms with van der Waals surface area (Å²) in [6, 6.07) is 32.0. The number of hydrogen-bond donors (Lipinski definition) is 0. The summed E-state index contributed by atoms with van der Waals surface area (Å²) in [4.78, 5) is 15.9. The number of fused-ring (bicyclic) bond motifs is 1. The Morgan fingerprint density at radius 2 is 1.50 bits per heavy atom. The first-order chi connectivity index (χ1) is 17.5. The number of anilines is 1. The van der Waals surface area contributed by atoms with E-state index in [1.807, 2.05) is 85.8 Å². The van der Waals surface area contributed by atoms with Crippen LogP contribution in [0.2, 0.25) is 0 Å². The quantitative estimate of drug-likeness (QED) is 0.211. The monoisotopic (exact) mass is 481 g/mol. The lowest BCUT2D eigenvalue weighted by Gasteiger charge is -2.24. The van der Waals surface area contributed by atoms with Gasteiger partial charge in [-0.2, -0.15) is 8.78 Å². The average Bonchev–Trinajstić information content (AvgIpc) is 3.24. The highest BCUT2D eigenvalue weighted by atomic mass is 19.3. The molecule has 0 saturated heterocycles. The molecule has 1 unspecified atom stereocenters. The highest BCUT2D eigenvalue weighted by Crippen LogP contribution is 2.36. The Bertz CT molecular complexity index is 1400. The SMILES string of the molecule is CC1Cc2ccccc2N1C(=O)C(=Cc1ccccc1OC(F)F)c1ccc(-c2ccccc2)cc1. The molecule has 5 heteroatoms. The van der Waals surface area contributed by atoms with Crippen molar-refractivity contribution in [2.75, 3.05) is 4.90 Å². The lowest BCUT2D eigenvalue weighted by atomic mass is 9.97. The number of nitrogens with zero attached hydrogens (tertiary/aromatic N) is 1. The maximum Gasteiger partial charge on any atom is 0.387 e. The molecule has 0 saturated carbocycles. The Balaban J connectivity index is 1.60. The lowest BCUT2D eigenvalue weighted by Crippen LogP contribution is -2.36. The van der Waals surface area contributed by atoms with Crippen LogP contribution in [0, 0.1) is 0 Å². The van der Waals surface area contributed by atoms with Crippen molar-refractivity contribution < 1.29 is 18.3 Å². The second-order valence-corrected chi connectivity index (χ2v) is 8.77. The number of alkyl halides is 2. The molecular weight excluding hydrogens is 456 g/mol. The Hall–Kier alpha value is -4.25. The normalized spacial score (nSPS) is 15.2. The van der Waals surface area contributed by atoms with Crippen LogP contribution in [-0.4, -0.2) is 18.6 Å². The smallest absolute Gasteiger partial charge is 0.387 e. The topological polar surface area (TPSA) is 29.5 Å². The van der Waals surface area contributed by atoms with Crippen molar-refractivity contribution in [2.45, 2.75) is 26.0 Å². The third-order valence-electron chi connectivity index (χ3n) is 6.39. The van der Waals surface area contributed by atoms with E-state index in [-0.39, 0.29) is 17.7 Å². The minimum Gasteiger partial charge on any atom is -0.434 e. The van der Waals surface area contributed by atoms with Gasteiger partial charge in [0.25, 0.3) is 5.91 Å². The summed E-state index contributed by atoms with van der Waals surface area (Å²) in [5.74, 6) is -0.166. The fourth-order valence-electron chi connectivity index (χ4n) is 4.70. The molecule has 1 aliphatic rings. The molecule has 0 N–H and O–H groups in total. The number of carbonyl (C=O) groups excluding carboxylic acids is 1. The molecule has 3 nitrogen and oxygen atoms in total. The second-order valence-electron chi connectivity index (χ2n) is 8.77. The molecule has 0 bridgehead atoms. The molecule has 4 aromatic carbocycles. The Kier molecular flexibility index (Phi) is 6.63. The van der Waals surface area contributed by atoms with Crippen LogP contribution >= 0.6 is 0 Å². The summed E-state index contributed by atoms with van der Waals surface area (Å²) < 4.78 is 30.9. The van der Waals surface area contributed by atoms with E-state index in [4.69, 9.17) is 4.74 Å². The molecule has 0 aromatic heterocycles. The van der Waals surface area contributed by atoms with E-state index < -0.39 is 6.61 Å². The number of rotatable bonds is 6. The number of amides is 1. The molecule has 36 heavy (non-hydrogen) atoms. The van der Waals surface area contributed by atoms with E-state index in [2.05, 4.69) is 0 Å². The molecule has 1 amide bonds. The highest BCUT2D eigenvalue weighted by molar-refractivity contribution is 6.30.